The molecule has 2 heterocycles. The van der Waals surface area contributed by atoms with Gasteiger partial charge in [-0.05, 0) is 32.0 Å². The number of aliphatic hydroxyl groups excluding tert-OH is 1. The van der Waals surface area contributed by atoms with Crippen molar-refractivity contribution in [2.45, 2.75) is 32.3 Å². The molecular formula is C12H21NO2. The first-order chi connectivity index (χ1) is 7.29. The van der Waals surface area contributed by atoms with E-state index in [0.717, 1.165) is 12.3 Å². The van der Waals surface area contributed by atoms with Gasteiger partial charge in [-0.2, -0.15) is 0 Å². The van der Waals surface area contributed by atoms with Gasteiger partial charge in [0.15, 0.2) is 0 Å². The molecule has 3 nitrogen and oxygen atoms in total. The lowest BCUT2D eigenvalue weighted by Gasteiger charge is -2.26. The molecule has 2 atom stereocenters. The van der Waals surface area contributed by atoms with Crippen molar-refractivity contribution >= 4 is 0 Å². The maximum atomic E-state index is 9.09. The number of likely N-dealkylation sites (tertiary alicyclic amines) is 1. The molecule has 2 aliphatic rings. The smallest absolute Gasteiger partial charge is 0.127 e. The average Bonchev–Trinajstić information content (AvgIpc) is 2.60. The minimum Gasteiger partial charge on any atom is -0.491 e. The number of aliphatic hydroxyl groups is 1. The van der Waals surface area contributed by atoms with E-state index in [-0.39, 0.29) is 12.7 Å². The van der Waals surface area contributed by atoms with Crippen LogP contribution in [-0.2, 0) is 4.74 Å². The molecule has 2 unspecified atom stereocenters. The number of hydrogen-bond acceptors (Lipinski definition) is 3. The molecule has 0 aromatic carbocycles. The molecule has 0 saturated carbocycles. The molecule has 2 aliphatic heterocycles. The van der Waals surface area contributed by atoms with Crippen molar-refractivity contribution < 1.29 is 9.84 Å². The second-order valence-corrected chi connectivity index (χ2v) is 4.67. The molecular weight excluding hydrogens is 190 g/mol. The third-order valence-electron chi connectivity index (χ3n) is 3.35. The quantitative estimate of drug-likeness (QED) is 0.765. The van der Waals surface area contributed by atoms with Crippen LogP contribution in [0.4, 0.5) is 0 Å². The highest BCUT2D eigenvalue weighted by Gasteiger charge is 2.26. The van der Waals surface area contributed by atoms with Crippen molar-refractivity contribution in [3.8, 4) is 0 Å². The second kappa shape index (κ2) is 4.99. The fourth-order valence-electron chi connectivity index (χ4n) is 2.37. The van der Waals surface area contributed by atoms with Gasteiger partial charge in [-0.25, -0.2) is 0 Å². The van der Waals surface area contributed by atoms with Crippen LogP contribution >= 0.6 is 0 Å². The summed E-state index contributed by atoms with van der Waals surface area (Å²) in [6.07, 6.45) is 6.14. The van der Waals surface area contributed by atoms with E-state index in [9.17, 15) is 0 Å². The first-order valence-electron chi connectivity index (χ1n) is 6.00. The highest BCUT2D eigenvalue weighted by atomic mass is 16.5. The maximum absolute atomic E-state index is 9.09. The fraction of sp³-hybridized carbons (Fsp3) is 0.833. The summed E-state index contributed by atoms with van der Waals surface area (Å²) in [5.41, 5.74) is 0. The highest BCUT2D eigenvalue weighted by molar-refractivity contribution is 5.07. The Labute approximate surface area is 91.7 Å². The van der Waals surface area contributed by atoms with Crippen LogP contribution in [0.5, 0.6) is 0 Å². The van der Waals surface area contributed by atoms with E-state index < -0.39 is 0 Å². The van der Waals surface area contributed by atoms with Crippen molar-refractivity contribution in [2.75, 3.05) is 26.2 Å². The molecule has 0 radical (unpaired) electrons. The average molecular weight is 211 g/mol. The van der Waals surface area contributed by atoms with Crippen molar-refractivity contribution in [1.82, 2.24) is 4.90 Å². The maximum Gasteiger partial charge on any atom is 0.127 e. The summed E-state index contributed by atoms with van der Waals surface area (Å²) >= 11 is 0. The molecule has 0 aromatic rings. The van der Waals surface area contributed by atoms with Gasteiger partial charge >= 0.3 is 0 Å². The number of nitrogens with zero attached hydrogens (tertiary/aromatic N) is 1. The van der Waals surface area contributed by atoms with Crippen molar-refractivity contribution in [2.24, 2.45) is 5.92 Å². The Morgan fingerprint density at radius 2 is 2.13 bits per heavy atom. The van der Waals surface area contributed by atoms with E-state index in [1.54, 1.807) is 0 Å². The predicted octanol–water partition coefficient (Wildman–Crippen LogP) is 1.38. The number of ether oxygens (including phenoxy) is 1. The molecule has 15 heavy (non-hydrogen) atoms. The first kappa shape index (κ1) is 11.0. The molecule has 3 heteroatoms. The van der Waals surface area contributed by atoms with E-state index in [2.05, 4.69) is 17.9 Å². The lowest BCUT2D eigenvalue weighted by Crippen LogP contribution is -2.32. The largest absolute Gasteiger partial charge is 0.491 e. The third-order valence-corrected chi connectivity index (χ3v) is 3.35. The Morgan fingerprint density at radius 1 is 1.40 bits per heavy atom. The number of hydrogen-bond donors (Lipinski definition) is 1. The third kappa shape index (κ3) is 2.73. The SMILES string of the molecule is CC1C=C(CN2CCCCC2)OC1CO. The van der Waals surface area contributed by atoms with Gasteiger partial charge in [0.1, 0.15) is 11.9 Å². The second-order valence-electron chi connectivity index (χ2n) is 4.67. The Hall–Kier alpha value is -0.540. The van der Waals surface area contributed by atoms with Gasteiger partial charge in [0.05, 0.1) is 13.2 Å². The number of rotatable bonds is 3. The number of piperidine rings is 1. The summed E-state index contributed by atoms with van der Waals surface area (Å²) in [6.45, 7) is 5.55. The van der Waals surface area contributed by atoms with Gasteiger partial charge in [0, 0.05) is 5.92 Å². The Balaban J connectivity index is 1.82. The van der Waals surface area contributed by atoms with E-state index in [0.29, 0.717) is 5.92 Å². The minimum atomic E-state index is -0.00945. The van der Waals surface area contributed by atoms with Crippen LogP contribution < -0.4 is 0 Å². The van der Waals surface area contributed by atoms with E-state index in [1.807, 2.05) is 0 Å². The highest BCUT2D eigenvalue weighted by Crippen LogP contribution is 2.24. The van der Waals surface area contributed by atoms with E-state index in [1.165, 1.54) is 32.4 Å². The molecule has 86 valence electrons. The van der Waals surface area contributed by atoms with Gasteiger partial charge in [0.2, 0.25) is 0 Å². The summed E-state index contributed by atoms with van der Waals surface area (Å²) in [5, 5.41) is 9.09. The Kier molecular flexibility index (Phi) is 3.65. The Bertz CT molecular complexity index is 234. The summed E-state index contributed by atoms with van der Waals surface area (Å²) in [5.74, 6) is 1.42. The van der Waals surface area contributed by atoms with Gasteiger partial charge < -0.3 is 9.84 Å². The van der Waals surface area contributed by atoms with Crippen LogP contribution in [0.15, 0.2) is 11.8 Å². The van der Waals surface area contributed by atoms with Gasteiger partial charge in [-0.3, -0.25) is 4.90 Å². The van der Waals surface area contributed by atoms with Gasteiger partial charge in [-0.1, -0.05) is 13.3 Å². The molecule has 0 amide bonds. The zero-order valence-electron chi connectivity index (χ0n) is 9.48. The zero-order valence-corrected chi connectivity index (χ0v) is 9.48. The zero-order chi connectivity index (χ0) is 10.7. The molecule has 2 rings (SSSR count). The lowest BCUT2D eigenvalue weighted by molar-refractivity contribution is 0.0477. The monoisotopic (exact) mass is 211 g/mol. The molecule has 0 bridgehead atoms. The molecule has 0 aliphatic carbocycles. The van der Waals surface area contributed by atoms with Crippen molar-refractivity contribution in [1.29, 1.82) is 0 Å². The molecule has 1 N–H and O–H groups in total. The van der Waals surface area contributed by atoms with Crippen molar-refractivity contribution in [3.63, 3.8) is 0 Å². The topological polar surface area (TPSA) is 32.7 Å². The molecule has 1 saturated heterocycles. The molecule has 0 spiro atoms. The van der Waals surface area contributed by atoms with Crippen LogP contribution in [0.3, 0.4) is 0 Å². The van der Waals surface area contributed by atoms with Crippen LogP contribution in [0.25, 0.3) is 0 Å². The van der Waals surface area contributed by atoms with Gasteiger partial charge in [0.25, 0.3) is 0 Å². The fourth-order valence-corrected chi connectivity index (χ4v) is 2.37. The molecule has 0 aromatic heterocycles. The van der Waals surface area contributed by atoms with Crippen LogP contribution in [0.2, 0.25) is 0 Å². The Morgan fingerprint density at radius 3 is 2.73 bits per heavy atom. The predicted molar refractivity (Wildman–Crippen MR) is 59.5 cm³/mol. The normalized spacial score (nSPS) is 32.5. The minimum absolute atomic E-state index is 0.00945. The van der Waals surface area contributed by atoms with Crippen LogP contribution in [0, 0.1) is 5.92 Å². The summed E-state index contributed by atoms with van der Waals surface area (Å²) < 4.78 is 5.70. The standard InChI is InChI=1S/C12H21NO2/c1-10-7-11(15-12(10)9-14)8-13-5-3-2-4-6-13/h7,10,12,14H,2-6,8-9H2,1H3. The van der Waals surface area contributed by atoms with E-state index in [4.69, 9.17) is 9.84 Å². The van der Waals surface area contributed by atoms with Gasteiger partial charge in [-0.15, -0.1) is 0 Å². The van der Waals surface area contributed by atoms with Crippen LogP contribution in [-0.4, -0.2) is 42.4 Å². The first-order valence-corrected chi connectivity index (χ1v) is 6.00. The van der Waals surface area contributed by atoms with Crippen LogP contribution in [0.1, 0.15) is 26.2 Å². The lowest BCUT2D eigenvalue weighted by atomic mass is 10.1. The summed E-state index contributed by atoms with van der Waals surface area (Å²) in [7, 11) is 0. The van der Waals surface area contributed by atoms with Crippen molar-refractivity contribution in [3.05, 3.63) is 11.8 Å². The summed E-state index contributed by atoms with van der Waals surface area (Å²) in [6, 6.07) is 0. The molecule has 1 fully saturated rings. The summed E-state index contributed by atoms with van der Waals surface area (Å²) in [4.78, 5) is 2.45. The van der Waals surface area contributed by atoms with E-state index >= 15 is 0 Å².